The van der Waals surface area contributed by atoms with E-state index in [1.165, 1.54) is 6.20 Å². The fourth-order valence-electron chi connectivity index (χ4n) is 1.54. The number of aromatic nitrogens is 1. The van der Waals surface area contributed by atoms with Crippen molar-refractivity contribution in [3.05, 3.63) is 29.6 Å². The van der Waals surface area contributed by atoms with Crippen LogP contribution in [0.25, 0.3) is 0 Å². The van der Waals surface area contributed by atoms with E-state index in [4.69, 9.17) is 9.84 Å². The van der Waals surface area contributed by atoms with Crippen molar-refractivity contribution in [1.82, 2.24) is 4.98 Å². The summed E-state index contributed by atoms with van der Waals surface area (Å²) in [6.45, 7) is 1.46. The number of carboxylic acid groups (broad SMARTS) is 1. The lowest BCUT2D eigenvalue weighted by Gasteiger charge is -2.05. The number of carboxylic acids is 1. The molecule has 1 aliphatic heterocycles. The van der Waals surface area contributed by atoms with Crippen molar-refractivity contribution in [3.63, 3.8) is 0 Å². The van der Waals surface area contributed by atoms with Crippen LogP contribution in [0, 0.1) is 0 Å². The molecule has 0 amide bonds. The number of ether oxygens (including phenoxy) is 1. The summed E-state index contributed by atoms with van der Waals surface area (Å²) in [4.78, 5) is 14.7. The van der Waals surface area contributed by atoms with E-state index < -0.39 is 5.97 Å². The highest BCUT2D eigenvalue weighted by atomic mass is 16.5. The van der Waals surface area contributed by atoms with Gasteiger partial charge in [-0.2, -0.15) is 0 Å². The second kappa shape index (κ2) is 3.75. The summed E-state index contributed by atoms with van der Waals surface area (Å²) in [6.07, 6.45) is 2.37. The Hall–Kier alpha value is -1.42. The lowest BCUT2D eigenvalue weighted by Crippen LogP contribution is -2.03. The monoisotopic (exact) mass is 193 g/mol. The van der Waals surface area contributed by atoms with Crippen LogP contribution in [0.5, 0.6) is 0 Å². The van der Waals surface area contributed by atoms with Crippen molar-refractivity contribution in [2.75, 3.05) is 13.2 Å². The molecule has 0 aromatic carbocycles. The molecule has 1 aromatic heterocycles. The second-order valence-corrected chi connectivity index (χ2v) is 3.34. The minimum atomic E-state index is -0.938. The number of rotatable bonds is 2. The Morgan fingerprint density at radius 2 is 2.43 bits per heavy atom. The number of aromatic carboxylic acids is 1. The molecule has 1 aromatic rings. The van der Waals surface area contributed by atoms with Crippen LogP contribution in [0.2, 0.25) is 0 Å². The van der Waals surface area contributed by atoms with Gasteiger partial charge in [0.05, 0.1) is 12.2 Å². The molecule has 0 saturated carbocycles. The van der Waals surface area contributed by atoms with Gasteiger partial charge in [0.25, 0.3) is 0 Å². The van der Waals surface area contributed by atoms with Crippen LogP contribution in [0.1, 0.15) is 28.4 Å². The molecule has 0 spiro atoms. The summed E-state index contributed by atoms with van der Waals surface area (Å²) in [6, 6.07) is 3.35. The van der Waals surface area contributed by atoms with E-state index in [2.05, 4.69) is 4.98 Å². The van der Waals surface area contributed by atoms with Crippen molar-refractivity contribution in [2.45, 2.75) is 12.3 Å². The molecule has 14 heavy (non-hydrogen) atoms. The molecule has 2 heterocycles. The number of nitrogens with zero attached hydrogens (tertiary/aromatic N) is 1. The van der Waals surface area contributed by atoms with E-state index in [0.29, 0.717) is 12.5 Å². The molecular formula is C10H11NO3. The quantitative estimate of drug-likeness (QED) is 0.768. The molecule has 1 fully saturated rings. The molecule has 4 heteroatoms. The minimum absolute atomic E-state index is 0.229. The van der Waals surface area contributed by atoms with Gasteiger partial charge in [0.2, 0.25) is 0 Å². The van der Waals surface area contributed by atoms with Gasteiger partial charge >= 0.3 is 5.97 Å². The molecule has 1 N–H and O–H groups in total. The molecule has 0 unspecified atom stereocenters. The maximum atomic E-state index is 10.6. The van der Waals surface area contributed by atoms with Crippen LogP contribution in [0.15, 0.2) is 18.3 Å². The summed E-state index contributed by atoms with van der Waals surface area (Å²) in [7, 11) is 0. The number of hydrogen-bond donors (Lipinski definition) is 1. The largest absolute Gasteiger partial charge is 0.478 e. The lowest BCUT2D eigenvalue weighted by atomic mass is 10.0. The molecule has 0 bridgehead atoms. The van der Waals surface area contributed by atoms with E-state index in [0.717, 1.165) is 18.7 Å². The molecule has 0 radical (unpaired) electrons. The normalized spacial score (nSPS) is 21.0. The first kappa shape index (κ1) is 9.15. The van der Waals surface area contributed by atoms with Gasteiger partial charge in [0.1, 0.15) is 0 Å². The molecule has 1 saturated heterocycles. The molecule has 1 atom stereocenters. The first-order valence-electron chi connectivity index (χ1n) is 4.54. The number of pyridine rings is 1. The van der Waals surface area contributed by atoms with E-state index >= 15 is 0 Å². The molecule has 2 rings (SSSR count). The van der Waals surface area contributed by atoms with Crippen molar-refractivity contribution < 1.29 is 14.6 Å². The van der Waals surface area contributed by atoms with Crippen LogP contribution >= 0.6 is 0 Å². The number of carbonyl (C=O) groups is 1. The van der Waals surface area contributed by atoms with Crippen LogP contribution in [-0.2, 0) is 4.74 Å². The Labute approximate surface area is 81.5 Å². The summed E-state index contributed by atoms with van der Waals surface area (Å²) in [5.41, 5.74) is 1.15. The van der Waals surface area contributed by atoms with E-state index in [-0.39, 0.29) is 5.56 Å². The summed E-state index contributed by atoms with van der Waals surface area (Å²) >= 11 is 0. The summed E-state index contributed by atoms with van der Waals surface area (Å²) in [5, 5.41) is 8.68. The molecule has 1 aliphatic rings. The third-order valence-electron chi connectivity index (χ3n) is 2.38. The Bertz CT molecular complexity index is 328. The van der Waals surface area contributed by atoms with Gasteiger partial charge in [-0.15, -0.1) is 0 Å². The molecular weight excluding hydrogens is 182 g/mol. The summed E-state index contributed by atoms with van der Waals surface area (Å²) in [5.74, 6) is -0.607. The molecule has 74 valence electrons. The van der Waals surface area contributed by atoms with Gasteiger partial charge in [-0.05, 0) is 18.6 Å². The lowest BCUT2D eigenvalue weighted by molar-refractivity contribution is 0.0696. The van der Waals surface area contributed by atoms with Gasteiger partial charge < -0.3 is 9.84 Å². The Morgan fingerprint density at radius 1 is 1.57 bits per heavy atom. The number of hydrogen-bond acceptors (Lipinski definition) is 3. The van der Waals surface area contributed by atoms with Gasteiger partial charge in [0, 0.05) is 24.4 Å². The topological polar surface area (TPSA) is 59.4 Å². The van der Waals surface area contributed by atoms with Crippen molar-refractivity contribution in [2.24, 2.45) is 0 Å². The fraction of sp³-hybridized carbons (Fsp3) is 0.400. The van der Waals surface area contributed by atoms with Crippen LogP contribution in [0.4, 0.5) is 0 Å². The zero-order valence-electron chi connectivity index (χ0n) is 7.64. The van der Waals surface area contributed by atoms with Crippen molar-refractivity contribution in [3.8, 4) is 0 Å². The third kappa shape index (κ3) is 1.75. The maximum Gasteiger partial charge on any atom is 0.337 e. The zero-order chi connectivity index (χ0) is 9.97. The maximum absolute atomic E-state index is 10.6. The minimum Gasteiger partial charge on any atom is -0.478 e. The Morgan fingerprint density at radius 3 is 2.93 bits per heavy atom. The zero-order valence-corrected chi connectivity index (χ0v) is 7.64. The van der Waals surface area contributed by atoms with Gasteiger partial charge in [0.15, 0.2) is 0 Å². The standard InChI is InChI=1S/C10H11NO3/c12-10(13)7-1-2-9(11-5-7)8-3-4-14-6-8/h1-2,5,8H,3-4,6H2,(H,12,13)/t8-/m1/s1. The van der Waals surface area contributed by atoms with Crippen LogP contribution in [0.3, 0.4) is 0 Å². The molecule has 4 nitrogen and oxygen atoms in total. The van der Waals surface area contributed by atoms with E-state index in [1.54, 1.807) is 12.1 Å². The highest BCUT2D eigenvalue weighted by Gasteiger charge is 2.18. The Kier molecular flexibility index (Phi) is 2.45. The highest BCUT2D eigenvalue weighted by molar-refractivity contribution is 5.87. The van der Waals surface area contributed by atoms with E-state index in [9.17, 15) is 4.79 Å². The van der Waals surface area contributed by atoms with Gasteiger partial charge in [-0.1, -0.05) is 0 Å². The first-order valence-corrected chi connectivity index (χ1v) is 4.54. The van der Waals surface area contributed by atoms with Crippen molar-refractivity contribution in [1.29, 1.82) is 0 Å². The van der Waals surface area contributed by atoms with Gasteiger partial charge in [-0.3, -0.25) is 4.98 Å². The smallest absolute Gasteiger partial charge is 0.337 e. The average Bonchev–Trinajstić information content (AvgIpc) is 2.71. The highest BCUT2D eigenvalue weighted by Crippen LogP contribution is 2.23. The van der Waals surface area contributed by atoms with Crippen LogP contribution in [-0.4, -0.2) is 29.3 Å². The average molecular weight is 193 g/mol. The first-order chi connectivity index (χ1) is 6.77. The SMILES string of the molecule is O=C(O)c1ccc([C@@H]2CCOC2)nc1. The molecule has 0 aliphatic carbocycles. The van der Waals surface area contributed by atoms with Gasteiger partial charge in [-0.25, -0.2) is 4.79 Å². The second-order valence-electron chi connectivity index (χ2n) is 3.34. The van der Waals surface area contributed by atoms with E-state index in [1.807, 2.05) is 0 Å². The summed E-state index contributed by atoms with van der Waals surface area (Å²) < 4.78 is 5.23. The van der Waals surface area contributed by atoms with Crippen LogP contribution < -0.4 is 0 Å². The van der Waals surface area contributed by atoms with Crippen molar-refractivity contribution >= 4 is 5.97 Å². The third-order valence-corrected chi connectivity index (χ3v) is 2.38. The predicted molar refractivity (Wildman–Crippen MR) is 49.4 cm³/mol. The predicted octanol–water partition coefficient (Wildman–Crippen LogP) is 1.28. The fourth-order valence-corrected chi connectivity index (χ4v) is 1.54. The Balaban J connectivity index is 2.16.